The van der Waals surface area contributed by atoms with Crippen molar-refractivity contribution in [3.05, 3.63) is 111 Å². The topological polar surface area (TPSA) is 177 Å². The van der Waals surface area contributed by atoms with Crippen LogP contribution in [0.5, 0.6) is 17.2 Å². The number of nitrogens with zero attached hydrogens (tertiary/aromatic N) is 2. The molecule has 0 radical (unpaired) electrons. The van der Waals surface area contributed by atoms with Gasteiger partial charge in [-0.2, -0.15) is 4.99 Å². The molecule has 318 valence electrons. The number of phenols is 1. The lowest BCUT2D eigenvalue weighted by Gasteiger charge is -2.41. The zero-order valence-corrected chi connectivity index (χ0v) is 34.2. The minimum atomic E-state index is -1.60. The van der Waals surface area contributed by atoms with E-state index in [1.165, 1.54) is 12.0 Å². The number of aliphatic hydroxyl groups excluding tert-OH is 3. The lowest BCUT2D eigenvalue weighted by Crippen LogP contribution is -2.61. The molecule has 0 spiro atoms. The molecule has 7 aliphatic rings. The van der Waals surface area contributed by atoms with Gasteiger partial charge in [0.1, 0.15) is 47.2 Å². The van der Waals surface area contributed by atoms with E-state index in [0.717, 1.165) is 59.2 Å². The van der Waals surface area contributed by atoms with E-state index < -0.39 is 42.6 Å². The Bertz CT molecular complexity index is 2590. The molecule has 3 aromatic rings. The van der Waals surface area contributed by atoms with Crippen LogP contribution in [0.1, 0.15) is 87.4 Å². The Morgan fingerprint density at radius 3 is 2.76 bits per heavy atom. The van der Waals surface area contributed by atoms with Gasteiger partial charge in [0, 0.05) is 49.3 Å². The van der Waals surface area contributed by atoms with E-state index in [1.54, 1.807) is 36.6 Å². The molecule has 6 atom stereocenters. The monoisotopic (exact) mass is 839 g/mol. The fraction of sp³-hybridized carbons (Fsp3) is 0.388. The van der Waals surface area contributed by atoms with E-state index in [2.05, 4.69) is 17.0 Å². The molecule has 10 rings (SSSR count). The lowest BCUT2D eigenvalue weighted by atomic mass is 9.86. The van der Waals surface area contributed by atoms with Crippen molar-refractivity contribution in [1.29, 1.82) is 0 Å². The van der Waals surface area contributed by atoms with Gasteiger partial charge in [-0.05, 0) is 84.0 Å². The summed E-state index contributed by atoms with van der Waals surface area (Å²) in [5.74, 6) is 2.38. The van der Waals surface area contributed by atoms with E-state index in [1.807, 2.05) is 30.7 Å². The van der Waals surface area contributed by atoms with Crippen LogP contribution in [-0.4, -0.2) is 107 Å². The third-order valence-electron chi connectivity index (χ3n) is 13.1. The van der Waals surface area contributed by atoms with Gasteiger partial charge in [-0.3, -0.25) is 9.59 Å². The third kappa shape index (κ3) is 6.96. The summed E-state index contributed by atoms with van der Waals surface area (Å²) in [5, 5.41) is 46.6. The predicted molar refractivity (Wildman–Crippen MR) is 228 cm³/mol. The van der Waals surface area contributed by atoms with Gasteiger partial charge in [-0.25, -0.2) is 0 Å². The lowest BCUT2D eigenvalue weighted by molar-refractivity contribution is -0.279. The van der Waals surface area contributed by atoms with Crippen LogP contribution in [0.4, 0.5) is 0 Å². The summed E-state index contributed by atoms with van der Waals surface area (Å²) >= 11 is 0. The number of ketones is 1. The van der Waals surface area contributed by atoms with Gasteiger partial charge in [0.25, 0.3) is 5.91 Å². The quantitative estimate of drug-likeness (QED) is 0.186. The van der Waals surface area contributed by atoms with Crippen molar-refractivity contribution in [3.63, 3.8) is 0 Å². The molecular weight excluding hydrogens is 793 g/mol. The summed E-state index contributed by atoms with van der Waals surface area (Å²) in [7, 11) is 1.52. The Balaban J connectivity index is 1.18. The van der Waals surface area contributed by atoms with Crippen LogP contribution in [0.2, 0.25) is 0 Å². The number of benzene rings is 3. The number of ether oxygens (including phenoxy) is 5. The summed E-state index contributed by atoms with van der Waals surface area (Å²) in [5.41, 5.74) is 6.51. The van der Waals surface area contributed by atoms with Crippen LogP contribution < -0.4 is 9.47 Å². The van der Waals surface area contributed by atoms with E-state index >= 15 is 0 Å². The first-order chi connectivity index (χ1) is 30.2. The van der Waals surface area contributed by atoms with Gasteiger partial charge in [-0.1, -0.05) is 30.9 Å². The molecule has 6 unspecified atom stereocenters. The number of allylic oxidation sites excluding steroid dienone is 4. The highest BCUT2D eigenvalue weighted by molar-refractivity contribution is 6.11. The number of aromatic hydroxyl groups is 1. The zero-order chi connectivity index (χ0) is 42.6. The molecule has 3 aromatic carbocycles. The first-order valence-corrected chi connectivity index (χ1v) is 21.3. The standard InChI is InChI=1S/C49H46N2O11/c1-58-39-21-29-20-32(27-8-2-3-9-27)42-37(53)24-51-23-35-28(10-4-12-30(35)48(51)57)11-6-18-59-47-43(54)40-25-60-38(34-22-50-36-15-13-26(7-5-17-52)19-33(34)36)16-14-31(39)46(41(29)44(42)55)62-49(61-40)45(47)56/h4,10,12-16,19-22,27,38,40,43,45,47,49,52,54,56H,2-3,5,7-9,11,17,23-25H2,1H3/p+1. The van der Waals surface area contributed by atoms with Crippen molar-refractivity contribution in [3.8, 4) is 29.3 Å². The highest BCUT2D eigenvalue weighted by Crippen LogP contribution is 2.49. The number of hydrogen-bond donors (Lipinski definition) is 4. The van der Waals surface area contributed by atoms with Crippen molar-refractivity contribution in [2.45, 2.75) is 94.2 Å². The molecule has 0 aromatic heterocycles. The van der Waals surface area contributed by atoms with E-state index in [-0.39, 0.29) is 67.0 Å². The smallest absolute Gasteiger partial charge is 0.254 e. The molecule has 4 N–H and O–H groups in total. The van der Waals surface area contributed by atoms with Gasteiger partial charge >= 0.3 is 0 Å². The van der Waals surface area contributed by atoms with Crippen LogP contribution in [0.15, 0.2) is 76.0 Å². The Morgan fingerprint density at radius 2 is 1.94 bits per heavy atom. The predicted octanol–water partition coefficient (Wildman–Crippen LogP) is 5.37. The SMILES string of the molecule is COc1cc2cc(C3CCCC3)c3c(O)c2c2c1C=CC(C1=C4[CH+]C(CCCO)=CC=C4N=C1)OCC1OC(O2)C(O)C(OC#CCc2cccc4c2CN(CC3=O)C4=O)C1O. The Morgan fingerprint density at radius 1 is 1.08 bits per heavy atom. The molecule has 1 amide bonds. The average molecular weight is 840 g/mol. The number of rotatable bonds is 6. The van der Waals surface area contributed by atoms with Crippen LogP contribution in [0.3, 0.4) is 0 Å². The van der Waals surface area contributed by atoms with Crippen LogP contribution in [0.25, 0.3) is 16.8 Å². The normalized spacial score (nSPS) is 26.7. The highest BCUT2D eigenvalue weighted by atomic mass is 16.7. The molecule has 1 saturated heterocycles. The molecule has 1 saturated carbocycles. The van der Waals surface area contributed by atoms with Crippen molar-refractivity contribution in [1.82, 2.24) is 4.90 Å². The number of hydrogen-bond acceptors (Lipinski definition) is 12. The van der Waals surface area contributed by atoms with Crippen molar-refractivity contribution >= 4 is 34.8 Å². The average Bonchev–Trinajstić information content (AvgIpc) is 4.03. The largest absolute Gasteiger partial charge is 0.506 e. The van der Waals surface area contributed by atoms with Gasteiger partial charge in [0.15, 0.2) is 23.7 Å². The van der Waals surface area contributed by atoms with Crippen molar-refractivity contribution in [2.75, 3.05) is 26.9 Å². The Hall–Kier alpha value is -5.88. The van der Waals surface area contributed by atoms with Crippen molar-refractivity contribution < 1.29 is 53.7 Å². The molecule has 8 bridgehead atoms. The maximum atomic E-state index is 14.8. The molecule has 5 heterocycles. The fourth-order valence-electron chi connectivity index (χ4n) is 9.90. The first-order valence-electron chi connectivity index (χ1n) is 21.3. The van der Waals surface area contributed by atoms with Crippen LogP contribution >= 0.6 is 0 Å². The second kappa shape index (κ2) is 16.4. The number of phenolic OH excluding ortho intramolecular Hbond substituents is 1. The summed E-state index contributed by atoms with van der Waals surface area (Å²) in [6.07, 6.45) is 11.3. The zero-order valence-electron chi connectivity index (χ0n) is 34.2. The van der Waals surface area contributed by atoms with Crippen LogP contribution in [0, 0.1) is 18.4 Å². The minimum absolute atomic E-state index is 0.0125. The molecular formula is C49H47N2O11+. The second-order valence-corrected chi connectivity index (χ2v) is 16.8. The third-order valence-corrected chi connectivity index (χ3v) is 13.1. The number of aliphatic imine (C=N–C) groups is 1. The molecule has 2 aliphatic carbocycles. The van der Waals surface area contributed by atoms with Crippen LogP contribution in [-0.2, 0) is 27.2 Å². The number of aliphatic hydroxyl groups is 3. The second-order valence-electron chi connectivity index (χ2n) is 16.8. The fourth-order valence-corrected chi connectivity index (χ4v) is 9.90. The maximum Gasteiger partial charge on any atom is 0.254 e. The minimum Gasteiger partial charge on any atom is -0.506 e. The summed E-state index contributed by atoms with van der Waals surface area (Å²) in [4.78, 5) is 34.8. The van der Waals surface area contributed by atoms with E-state index in [4.69, 9.17) is 23.7 Å². The number of carbonyl (C=O) groups is 2. The molecule has 13 heteroatoms. The molecule has 5 aliphatic heterocycles. The summed E-state index contributed by atoms with van der Waals surface area (Å²) < 4.78 is 31.7. The Labute approximate surface area is 358 Å². The van der Waals surface area contributed by atoms with E-state index in [0.29, 0.717) is 40.7 Å². The molecule has 2 fully saturated rings. The van der Waals surface area contributed by atoms with Gasteiger partial charge in [0.2, 0.25) is 6.29 Å². The number of methoxy groups -OCH3 is 1. The number of fused-ring (bicyclic) bond motifs is 5. The first kappa shape index (κ1) is 40.2. The summed E-state index contributed by atoms with van der Waals surface area (Å²) in [6.45, 7) is -0.192. The number of amides is 1. The number of carbonyl (C=O) groups excluding carboxylic acids is 2. The number of Topliss-reactive ketones (excluding diaryl/α,β-unsaturated/α-hetero) is 1. The van der Waals surface area contributed by atoms with Gasteiger partial charge in [0.05, 0.1) is 48.6 Å². The molecule has 62 heavy (non-hydrogen) atoms. The van der Waals surface area contributed by atoms with Gasteiger partial charge < -0.3 is 49.0 Å². The maximum absolute atomic E-state index is 14.8. The van der Waals surface area contributed by atoms with E-state index in [9.17, 15) is 30.0 Å². The Kier molecular flexibility index (Phi) is 10.7. The van der Waals surface area contributed by atoms with Crippen molar-refractivity contribution in [2.24, 2.45) is 4.99 Å². The molecule has 13 nitrogen and oxygen atoms in total. The summed E-state index contributed by atoms with van der Waals surface area (Å²) in [6, 6.07) is 9.08. The highest BCUT2D eigenvalue weighted by Gasteiger charge is 2.49. The van der Waals surface area contributed by atoms with Gasteiger partial charge in [-0.15, -0.1) is 0 Å².